The Bertz CT molecular complexity index is 312. The first-order valence-electron chi connectivity index (χ1n) is 4.73. The number of hydrogen-bond acceptors (Lipinski definition) is 5. The SMILES string of the molecule is O=P(O)(O)OP(=O)(O)SSC1CCCCC1. The third-order valence-corrected chi connectivity index (χ3v) is 9.44. The van der Waals surface area contributed by atoms with Crippen LogP contribution in [-0.4, -0.2) is 19.9 Å². The van der Waals surface area contributed by atoms with Crippen molar-refractivity contribution in [2.45, 2.75) is 37.4 Å². The maximum absolute atomic E-state index is 11.3. The van der Waals surface area contributed by atoms with E-state index in [1.807, 2.05) is 0 Å². The Hall–Kier alpha value is 1.000. The second-order valence-corrected chi connectivity index (χ2v) is 10.8. The van der Waals surface area contributed by atoms with E-state index in [4.69, 9.17) is 14.7 Å². The predicted octanol–water partition coefficient (Wildman–Crippen LogP) is 2.91. The summed E-state index contributed by atoms with van der Waals surface area (Å²) in [6, 6.07) is 0. The third-order valence-electron chi connectivity index (χ3n) is 2.04. The van der Waals surface area contributed by atoms with Crippen molar-refractivity contribution in [2.75, 3.05) is 0 Å². The van der Waals surface area contributed by atoms with E-state index in [1.165, 1.54) is 17.2 Å². The van der Waals surface area contributed by atoms with Crippen LogP contribution < -0.4 is 0 Å². The van der Waals surface area contributed by atoms with Gasteiger partial charge in [-0.15, -0.1) is 0 Å². The predicted molar refractivity (Wildman–Crippen MR) is 65.0 cm³/mol. The normalized spacial score (nSPS) is 22.9. The van der Waals surface area contributed by atoms with Crippen LogP contribution >= 0.6 is 35.8 Å². The number of rotatable bonds is 5. The van der Waals surface area contributed by atoms with Gasteiger partial charge in [-0.2, -0.15) is 4.31 Å². The van der Waals surface area contributed by atoms with Crippen LogP contribution in [0.1, 0.15) is 32.1 Å². The molecule has 0 spiro atoms. The molecule has 96 valence electrons. The van der Waals surface area contributed by atoms with Crippen LogP contribution in [-0.2, 0) is 13.4 Å². The van der Waals surface area contributed by atoms with Crippen molar-refractivity contribution in [3.63, 3.8) is 0 Å². The molecule has 0 amide bonds. The molecule has 0 aliphatic heterocycles. The van der Waals surface area contributed by atoms with Crippen molar-refractivity contribution in [1.29, 1.82) is 0 Å². The Morgan fingerprint density at radius 2 is 1.62 bits per heavy atom. The first kappa shape index (κ1) is 15.1. The van der Waals surface area contributed by atoms with Crippen molar-refractivity contribution < 1.29 is 28.1 Å². The molecule has 0 saturated heterocycles. The van der Waals surface area contributed by atoms with Crippen LogP contribution in [0.5, 0.6) is 0 Å². The van der Waals surface area contributed by atoms with Gasteiger partial charge in [0.2, 0.25) is 0 Å². The molecule has 1 fully saturated rings. The summed E-state index contributed by atoms with van der Waals surface area (Å²) < 4.78 is 25.5. The van der Waals surface area contributed by atoms with Crippen LogP contribution in [0.15, 0.2) is 0 Å². The highest BCUT2D eigenvalue weighted by molar-refractivity contribution is 8.98. The molecule has 1 saturated carbocycles. The molecule has 16 heavy (non-hydrogen) atoms. The van der Waals surface area contributed by atoms with Crippen LogP contribution in [0.25, 0.3) is 0 Å². The zero-order chi connectivity index (χ0) is 12.2. The van der Waals surface area contributed by atoms with E-state index in [0.29, 0.717) is 10.4 Å². The summed E-state index contributed by atoms with van der Waals surface area (Å²) in [4.78, 5) is 26.0. The minimum Gasteiger partial charge on any atom is -0.316 e. The van der Waals surface area contributed by atoms with Crippen molar-refractivity contribution in [3.05, 3.63) is 0 Å². The molecule has 0 heterocycles. The summed E-state index contributed by atoms with van der Waals surface area (Å²) in [7, 11) is -3.20. The Labute approximate surface area is 101 Å². The van der Waals surface area contributed by atoms with E-state index in [-0.39, 0.29) is 5.25 Å². The first-order chi connectivity index (χ1) is 7.29. The highest BCUT2D eigenvalue weighted by Crippen LogP contribution is 2.69. The number of phosphoric acid groups is 1. The van der Waals surface area contributed by atoms with Gasteiger partial charge in [0.25, 0.3) is 0 Å². The van der Waals surface area contributed by atoms with Crippen molar-refractivity contribution in [2.24, 2.45) is 0 Å². The monoisotopic (exact) mass is 308 g/mol. The topological polar surface area (TPSA) is 104 Å². The van der Waals surface area contributed by atoms with E-state index < -0.39 is 14.6 Å². The van der Waals surface area contributed by atoms with E-state index in [9.17, 15) is 9.13 Å². The molecule has 0 aromatic carbocycles. The lowest BCUT2D eigenvalue weighted by atomic mass is 10.0. The van der Waals surface area contributed by atoms with Crippen molar-refractivity contribution >= 4 is 35.8 Å². The maximum Gasteiger partial charge on any atom is 0.477 e. The highest BCUT2D eigenvalue weighted by Gasteiger charge is 2.33. The lowest BCUT2D eigenvalue weighted by Crippen LogP contribution is -2.06. The summed E-state index contributed by atoms with van der Waals surface area (Å²) in [5, 5.41) is 0.264. The first-order valence-corrected chi connectivity index (χ1v) is 10.7. The minimum atomic E-state index is -4.90. The van der Waals surface area contributed by atoms with E-state index >= 15 is 0 Å². The summed E-state index contributed by atoms with van der Waals surface area (Å²) in [5.41, 5.74) is 0. The van der Waals surface area contributed by atoms with Gasteiger partial charge in [-0.1, -0.05) is 30.1 Å². The van der Waals surface area contributed by atoms with Crippen molar-refractivity contribution in [1.82, 2.24) is 0 Å². The Kier molecular flexibility index (Phi) is 5.88. The standard InChI is InChI=1S/C6H14O6P2S2/c7-13(8,9)12-14(10,11)16-15-6-4-2-1-3-5-6/h6H,1-5H2,(H,10,11)(H2,7,8,9). The zero-order valence-corrected chi connectivity index (χ0v) is 11.8. The van der Waals surface area contributed by atoms with Gasteiger partial charge in [0, 0.05) is 15.7 Å². The van der Waals surface area contributed by atoms with Gasteiger partial charge in [-0.05, 0) is 12.8 Å². The molecular weight excluding hydrogens is 294 g/mol. The molecule has 0 aromatic rings. The summed E-state index contributed by atoms with van der Waals surface area (Å²) in [6.45, 7) is -4.26. The average molecular weight is 308 g/mol. The van der Waals surface area contributed by atoms with Crippen LogP contribution in [0.4, 0.5) is 0 Å². The van der Waals surface area contributed by atoms with E-state index in [0.717, 1.165) is 25.7 Å². The largest absolute Gasteiger partial charge is 0.477 e. The Morgan fingerprint density at radius 1 is 1.06 bits per heavy atom. The van der Waals surface area contributed by atoms with Gasteiger partial charge in [-0.3, -0.25) is 0 Å². The molecule has 1 atom stereocenters. The van der Waals surface area contributed by atoms with Gasteiger partial charge >= 0.3 is 14.6 Å². The minimum absolute atomic E-state index is 0.264. The zero-order valence-electron chi connectivity index (χ0n) is 8.39. The molecule has 1 unspecified atom stereocenters. The fourth-order valence-electron chi connectivity index (χ4n) is 1.42. The number of hydrogen-bond donors (Lipinski definition) is 3. The van der Waals surface area contributed by atoms with Crippen molar-refractivity contribution in [3.8, 4) is 0 Å². The van der Waals surface area contributed by atoms with Gasteiger partial charge in [0.05, 0.1) is 0 Å². The molecule has 0 radical (unpaired) electrons. The molecule has 1 aliphatic carbocycles. The lowest BCUT2D eigenvalue weighted by Gasteiger charge is -2.21. The van der Waals surface area contributed by atoms with Gasteiger partial charge < -0.3 is 14.7 Å². The van der Waals surface area contributed by atoms with Gasteiger partial charge in [0.1, 0.15) is 0 Å². The van der Waals surface area contributed by atoms with Gasteiger partial charge in [-0.25, -0.2) is 9.13 Å². The highest BCUT2D eigenvalue weighted by atomic mass is 33.3. The quantitative estimate of drug-likeness (QED) is 0.526. The van der Waals surface area contributed by atoms with Gasteiger partial charge in [0.15, 0.2) is 0 Å². The second-order valence-electron chi connectivity index (χ2n) is 3.47. The maximum atomic E-state index is 11.3. The molecule has 0 aromatic heterocycles. The molecule has 1 aliphatic rings. The molecular formula is C6H14O6P2S2. The second kappa shape index (κ2) is 6.25. The molecule has 1 rings (SSSR count). The Balaban J connectivity index is 2.35. The van der Waals surface area contributed by atoms with E-state index in [1.54, 1.807) is 0 Å². The average Bonchev–Trinajstić information content (AvgIpc) is 2.13. The van der Waals surface area contributed by atoms with Crippen LogP contribution in [0.3, 0.4) is 0 Å². The summed E-state index contributed by atoms with van der Waals surface area (Å²) >= 11 is 0. The summed E-state index contributed by atoms with van der Waals surface area (Å²) in [5.74, 6) is 0. The lowest BCUT2D eigenvalue weighted by molar-refractivity contribution is 0.271. The van der Waals surface area contributed by atoms with E-state index in [2.05, 4.69) is 4.31 Å². The molecule has 10 heteroatoms. The Morgan fingerprint density at radius 3 is 2.12 bits per heavy atom. The molecule has 0 bridgehead atoms. The molecule has 6 nitrogen and oxygen atoms in total. The fraction of sp³-hybridized carbons (Fsp3) is 1.00. The van der Waals surface area contributed by atoms with Crippen LogP contribution in [0.2, 0.25) is 0 Å². The molecule has 3 N–H and O–H groups in total. The fourth-order valence-corrected chi connectivity index (χ4v) is 8.47. The summed E-state index contributed by atoms with van der Waals surface area (Å²) in [6.07, 6.45) is 5.29. The smallest absolute Gasteiger partial charge is 0.316 e. The van der Waals surface area contributed by atoms with Crippen LogP contribution in [0, 0.1) is 0 Å². The third kappa shape index (κ3) is 6.67.